The number of methoxy groups -OCH3 is 1. The first-order valence-electron chi connectivity index (χ1n) is 6.52. The van der Waals surface area contributed by atoms with Gasteiger partial charge in [-0.3, -0.25) is 4.68 Å². The molecule has 2 heterocycles. The number of hydrogen-bond acceptors (Lipinski definition) is 4. The van der Waals surface area contributed by atoms with Gasteiger partial charge in [-0.2, -0.15) is 5.10 Å². The zero-order chi connectivity index (χ0) is 13.8. The molecule has 0 aromatic carbocycles. The minimum atomic E-state index is -0.120. The molecule has 0 saturated carbocycles. The fraction of sp³-hybridized carbons (Fsp3) is 0.500. The Labute approximate surface area is 113 Å². The van der Waals surface area contributed by atoms with E-state index in [1.54, 1.807) is 19.6 Å². The van der Waals surface area contributed by atoms with Crippen molar-refractivity contribution in [3.05, 3.63) is 36.0 Å². The van der Waals surface area contributed by atoms with Crippen LogP contribution in [0.25, 0.3) is 0 Å². The molecule has 104 valence electrons. The van der Waals surface area contributed by atoms with Crippen LogP contribution in [0.15, 0.2) is 29.0 Å². The highest BCUT2D eigenvalue weighted by molar-refractivity contribution is 5.28. The molecule has 0 aliphatic rings. The lowest BCUT2D eigenvalue weighted by atomic mass is 10.1. The third kappa shape index (κ3) is 2.98. The van der Waals surface area contributed by atoms with E-state index in [9.17, 15) is 0 Å². The molecule has 1 atom stereocenters. The molecule has 0 fully saturated rings. The van der Waals surface area contributed by atoms with Crippen molar-refractivity contribution in [3.8, 4) is 5.75 Å². The lowest BCUT2D eigenvalue weighted by Crippen LogP contribution is -2.19. The summed E-state index contributed by atoms with van der Waals surface area (Å²) in [5, 5.41) is 4.34. The van der Waals surface area contributed by atoms with E-state index in [1.807, 2.05) is 16.8 Å². The van der Waals surface area contributed by atoms with Crippen molar-refractivity contribution in [1.82, 2.24) is 9.78 Å². The molecule has 0 spiro atoms. The van der Waals surface area contributed by atoms with Crippen LogP contribution in [0.2, 0.25) is 0 Å². The van der Waals surface area contributed by atoms with Crippen LogP contribution in [0, 0.1) is 0 Å². The highest BCUT2D eigenvalue weighted by Gasteiger charge is 2.20. The smallest absolute Gasteiger partial charge is 0.161 e. The van der Waals surface area contributed by atoms with Gasteiger partial charge in [0.05, 0.1) is 31.3 Å². The van der Waals surface area contributed by atoms with Gasteiger partial charge in [0.1, 0.15) is 5.76 Å². The number of nitrogens with two attached hydrogens (primary N) is 1. The lowest BCUT2D eigenvalue weighted by Gasteiger charge is -2.17. The maximum atomic E-state index is 6.29. The van der Waals surface area contributed by atoms with Crippen LogP contribution in [0.1, 0.15) is 43.8 Å². The van der Waals surface area contributed by atoms with Crippen LogP contribution in [0.3, 0.4) is 0 Å². The summed E-state index contributed by atoms with van der Waals surface area (Å²) >= 11 is 0. The van der Waals surface area contributed by atoms with E-state index < -0.39 is 0 Å². The summed E-state index contributed by atoms with van der Waals surface area (Å²) in [6.07, 6.45) is 5.00. The van der Waals surface area contributed by atoms with E-state index in [1.165, 1.54) is 0 Å². The van der Waals surface area contributed by atoms with Gasteiger partial charge < -0.3 is 14.9 Å². The van der Waals surface area contributed by atoms with Gasteiger partial charge in [-0.05, 0) is 32.4 Å². The van der Waals surface area contributed by atoms with Crippen molar-refractivity contribution < 1.29 is 9.15 Å². The van der Waals surface area contributed by atoms with E-state index in [0.29, 0.717) is 0 Å². The molecule has 5 heteroatoms. The molecular weight excluding hydrogens is 242 g/mol. The van der Waals surface area contributed by atoms with E-state index >= 15 is 0 Å². The van der Waals surface area contributed by atoms with Gasteiger partial charge in [-0.1, -0.05) is 0 Å². The van der Waals surface area contributed by atoms with Crippen LogP contribution >= 0.6 is 0 Å². The summed E-state index contributed by atoms with van der Waals surface area (Å²) in [5.74, 6) is 1.70. The highest BCUT2D eigenvalue weighted by atomic mass is 16.5. The number of nitrogens with zero attached hydrogens (tertiary/aromatic N) is 2. The van der Waals surface area contributed by atoms with Crippen LogP contribution in [-0.4, -0.2) is 16.9 Å². The fourth-order valence-corrected chi connectivity index (χ4v) is 2.17. The molecule has 5 nitrogen and oxygen atoms in total. The van der Waals surface area contributed by atoms with Crippen molar-refractivity contribution in [2.24, 2.45) is 5.73 Å². The SMILES string of the molecule is COc1cnn(C(C)C)c1C(N)CCc1ccco1. The summed E-state index contributed by atoms with van der Waals surface area (Å²) in [6.45, 7) is 4.16. The monoisotopic (exact) mass is 263 g/mol. The molecule has 0 aliphatic carbocycles. The molecule has 19 heavy (non-hydrogen) atoms. The van der Waals surface area contributed by atoms with Crippen molar-refractivity contribution in [2.75, 3.05) is 7.11 Å². The fourth-order valence-electron chi connectivity index (χ4n) is 2.17. The van der Waals surface area contributed by atoms with Crippen molar-refractivity contribution in [1.29, 1.82) is 0 Å². The third-order valence-corrected chi connectivity index (χ3v) is 3.14. The van der Waals surface area contributed by atoms with Gasteiger partial charge in [-0.15, -0.1) is 0 Å². The normalized spacial score (nSPS) is 12.9. The first-order valence-corrected chi connectivity index (χ1v) is 6.52. The molecule has 0 aliphatic heterocycles. The summed E-state index contributed by atoms with van der Waals surface area (Å²) in [6, 6.07) is 3.99. The van der Waals surface area contributed by atoms with E-state index in [4.69, 9.17) is 14.9 Å². The van der Waals surface area contributed by atoms with Gasteiger partial charge >= 0.3 is 0 Å². The third-order valence-electron chi connectivity index (χ3n) is 3.14. The topological polar surface area (TPSA) is 66.2 Å². The predicted molar refractivity (Wildman–Crippen MR) is 73.1 cm³/mol. The average molecular weight is 263 g/mol. The van der Waals surface area contributed by atoms with Gasteiger partial charge in [0.25, 0.3) is 0 Å². The van der Waals surface area contributed by atoms with Crippen molar-refractivity contribution in [2.45, 2.75) is 38.8 Å². The van der Waals surface area contributed by atoms with E-state index in [0.717, 1.165) is 30.0 Å². The number of furan rings is 1. The molecule has 0 amide bonds. The summed E-state index contributed by atoms with van der Waals surface area (Å²) in [7, 11) is 1.64. The minimum absolute atomic E-state index is 0.120. The standard InChI is InChI=1S/C14H21N3O2/c1-10(2)17-14(13(18-3)9-16-17)12(15)7-6-11-5-4-8-19-11/h4-5,8-10,12H,6-7,15H2,1-3H3. The molecule has 2 rings (SSSR count). The molecular formula is C14H21N3O2. The molecule has 1 unspecified atom stereocenters. The van der Waals surface area contributed by atoms with Gasteiger partial charge in [0.15, 0.2) is 5.75 Å². The number of aryl methyl sites for hydroxylation is 1. The first kappa shape index (κ1) is 13.7. The first-order chi connectivity index (χ1) is 9.13. The summed E-state index contributed by atoms with van der Waals surface area (Å²) in [5.41, 5.74) is 7.24. The van der Waals surface area contributed by atoms with Gasteiger partial charge in [0, 0.05) is 12.5 Å². The molecule has 2 N–H and O–H groups in total. The van der Waals surface area contributed by atoms with Gasteiger partial charge in [-0.25, -0.2) is 0 Å². The maximum absolute atomic E-state index is 6.29. The number of hydrogen-bond donors (Lipinski definition) is 1. The number of aromatic nitrogens is 2. The van der Waals surface area contributed by atoms with Crippen LogP contribution in [-0.2, 0) is 6.42 Å². The molecule has 0 saturated heterocycles. The van der Waals surface area contributed by atoms with E-state index in [-0.39, 0.29) is 12.1 Å². The molecule has 2 aromatic rings. The Balaban J connectivity index is 2.13. The Kier molecular flexibility index (Phi) is 4.27. The highest BCUT2D eigenvalue weighted by Crippen LogP contribution is 2.28. The van der Waals surface area contributed by atoms with Crippen molar-refractivity contribution in [3.63, 3.8) is 0 Å². The molecule has 2 aromatic heterocycles. The zero-order valence-corrected chi connectivity index (χ0v) is 11.7. The lowest BCUT2D eigenvalue weighted by molar-refractivity contribution is 0.391. The maximum Gasteiger partial charge on any atom is 0.161 e. The van der Waals surface area contributed by atoms with Crippen LogP contribution in [0.5, 0.6) is 5.75 Å². The van der Waals surface area contributed by atoms with Crippen LogP contribution in [0.4, 0.5) is 0 Å². The Hall–Kier alpha value is -1.75. The Morgan fingerprint density at radius 3 is 2.84 bits per heavy atom. The van der Waals surface area contributed by atoms with Crippen LogP contribution < -0.4 is 10.5 Å². The number of rotatable bonds is 6. The largest absolute Gasteiger partial charge is 0.493 e. The van der Waals surface area contributed by atoms with Crippen molar-refractivity contribution >= 4 is 0 Å². The zero-order valence-electron chi connectivity index (χ0n) is 11.7. The molecule has 0 bridgehead atoms. The summed E-state index contributed by atoms with van der Waals surface area (Å²) < 4.78 is 12.6. The Bertz CT molecular complexity index is 503. The quantitative estimate of drug-likeness (QED) is 0.870. The summed E-state index contributed by atoms with van der Waals surface area (Å²) in [4.78, 5) is 0. The van der Waals surface area contributed by atoms with E-state index in [2.05, 4.69) is 18.9 Å². The minimum Gasteiger partial charge on any atom is -0.493 e. The average Bonchev–Trinajstić information content (AvgIpc) is 3.04. The predicted octanol–water partition coefficient (Wildman–Crippen LogP) is 2.70. The number of ether oxygens (including phenoxy) is 1. The second kappa shape index (κ2) is 5.93. The second-order valence-corrected chi connectivity index (χ2v) is 4.86. The second-order valence-electron chi connectivity index (χ2n) is 4.86. The van der Waals surface area contributed by atoms with Gasteiger partial charge in [0.2, 0.25) is 0 Å². The Morgan fingerprint density at radius 2 is 2.26 bits per heavy atom. The molecule has 0 radical (unpaired) electrons. The Morgan fingerprint density at radius 1 is 1.47 bits per heavy atom.